The van der Waals surface area contributed by atoms with Crippen LogP contribution >= 0.6 is 23.1 Å². The van der Waals surface area contributed by atoms with E-state index in [-0.39, 0.29) is 34.4 Å². The van der Waals surface area contributed by atoms with E-state index in [2.05, 4.69) is 10.2 Å². The molecule has 1 saturated heterocycles. The molecular weight excluding hydrogens is 645 g/mol. The van der Waals surface area contributed by atoms with Gasteiger partial charge in [-0.15, -0.1) is 10.2 Å². The first-order valence-electron chi connectivity index (χ1n) is 14.5. The molecule has 0 radical (unpaired) electrons. The number of hydrogen-bond donors (Lipinski definition) is 1. The summed E-state index contributed by atoms with van der Waals surface area (Å²) in [5.41, 5.74) is 1.80. The summed E-state index contributed by atoms with van der Waals surface area (Å²) in [4.78, 5) is 28.5. The highest BCUT2D eigenvalue weighted by molar-refractivity contribution is 8.00. The number of aliphatic hydroxyl groups is 1. The Morgan fingerprint density at radius 1 is 0.915 bits per heavy atom. The number of aromatic nitrogens is 2. The van der Waals surface area contributed by atoms with Crippen molar-refractivity contribution >= 4 is 45.7 Å². The van der Waals surface area contributed by atoms with Gasteiger partial charge in [0.15, 0.2) is 15.8 Å². The van der Waals surface area contributed by atoms with Crippen molar-refractivity contribution in [2.45, 2.75) is 29.7 Å². The van der Waals surface area contributed by atoms with Gasteiger partial charge in [0.2, 0.25) is 5.13 Å². The van der Waals surface area contributed by atoms with E-state index in [0.29, 0.717) is 33.6 Å². The van der Waals surface area contributed by atoms with Gasteiger partial charge in [-0.3, -0.25) is 14.5 Å². The zero-order valence-electron chi connectivity index (χ0n) is 24.9. The summed E-state index contributed by atoms with van der Waals surface area (Å²) in [6.45, 7) is 2.40. The quantitative estimate of drug-likeness (QED) is 0.0501. The number of hydrogen-bond acceptors (Lipinski definition) is 9. The summed E-state index contributed by atoms with van der Waals surface area (Å²) < 4.78 is 40.3. The normalized spacial score (nSPS) is 15.6. The van der Waals surface area contributed by atoms with Gasteiger partial charge < -0.3 is 14.6 Å². The van der Waals surface area contributed by atoms with Crippen LogP contribution in [0.2, 0.25) is 0 Å². The Morgan fingerprint density at radius 3 is 2.40 bits per heavy atom. The third-order valence-corrected chi connectivity index (χ3v) is 9.40. The average Bonchev–Trinajstić information content (AvgIpc) is 3.66. The second kappa shape index (κ2) is 14.1. The number of thioether (sulfide) groups is 1. The van der Waals surface area contributed by atoms with Gasteiger partial charge in [0, 0.05) is 11.3 Å². The van der Waals surface area contributed by atoms with Crippen molar-refractivity contribution in [3.63, 3.8) is 0 Å². The van der Waals surface area contributed by atoms with Crippen LogP contribution < -0.4 is 14.4 Å². The maximum Gasteiger partial charge on any atom is 0.301 e. The number of amides is 1. The molecule has 0 aliphatic carbocycles. The summed E-state index contributed by atoms with van der Waals surface area (Å²) in [5.74, 6) is -2.15. The number of carbonyl (C=O) groups excluding carboxylic acids is 2. The van der Waals surface area contributed by atoms with E-state index in [1.807, 2.05) is 37.3 Å². The van der Waals surface area contributed by atoms with Crippen LogP contribution in [-0.2, 0) is 21.9 Å². The number of rotatable bonds is 11. The number of halogens is 2. The largest absolute Gasteiger partial charge is 0.507 e. The van der Waals surface area contributed by atoms with E-state index in [9.17, 15) is 23.5 Å². The maximum absolute atomic E-state index is 14.2. The molecule has 47 heavy (non-hydrogen) atoms. The van der Waals surface area contributed by atoms with Gasteiger partial charge in [-0.25, -0.2) is 8.78 Å². The zero-order chi connectivity index (χ0) is 32.9. The molecule has 1 aliphatic rings. The topological polar surface area (TPSA) is 102 Å². The molecule has 4 aromatic carbocycles. The first-order chi connectivity index (χ1) is 22.8. The van der Waals surface area contributed by atoms with E-state index in [1.165, 1.54) is 34.9 Å². The highest BCUT2D eigenvalue weighted by Gasteiger charge is 2.48. The Kier molecular flexibility index (Phi) is 9.60. The second-order valence-corrected chi connectivity index (χ2v) is 12.5. The zero-order valence-corrected chi connectivity index (χ0v) is 26.6. The number of benzene rings is 4. The molecule has 8 nitrogen and oxygen atoms in total. The van der Waals surface area contributed by atoms with Crippen LogP contribution in [0.1, 0.15) is 35.2 Å². The predicted molar refractivity (Wildman–Crippen MR) is 175 cm³/mol. The molecule has 6 rings (SSSR count). The second-order valence-electron chi connectivity index (χ2n) is 10.3. The molecule has 12 heteroatoms. The third kappa shape index (κ3) is 6.88. The van der Waals surface area contributed by atoms with E-state index in [1.54, 1.807) is 36.4 Å². The van der Waals surface area contributed by atoms with E-state index in [4.69, 9.17) is 9.47 Å². The van der Waals surface area contributed by atoms with E-state index >= 15 is 0 Å². The van der Waals surface area contributed by atoms with Gasteiger partial charge in [-0.2, -0.15) is 0 Å². The van der Waals surface area contributed by atoms with Gasteiger partial charge in [-0.1, -0.05) is 77.7 Å². The van der Waals surface area contributed by atoms with Gasteiger partial charge >= 0.3 is 5.91 Å². The molecule has 0 bridgehead atoms. The molecule has 0 spiro atoms. The minimum absolute atomic E-state index is 0.105. The van der Waals surface area contributed by atoms with E-state index < -0.39 is 29.3 Å². The van der Waals surface area contributed by atoms with Gasteiger partial charge in [0.05, 0.1) is 18.2 Å². The minimum Gasteiger partial charge on any atom is -0.507 e. The molecule has 1 aromatic heterocycles. The van der Waals surface area contributed by atoms with Crippen molar-refractivity contribution < 1.29 is 33.0 Å². The summed E-state index contributed by atoms with van der Waals surface area (Å²) in [5, 5.41) is 19.9. The molecule has 5 aromatic rings. The van der Waals surface area contributed by atoms with Crippen molar-refractivity contribution in [2.24, 2.45) is 0 Å². The molecule has 2 heterocycles. The molecule has 1 fully saturated rings. The smallest absolute Gasteiger partial charge is 0.301 e. The Labute approximate surface area is 277 Å². The molecule has 1 atom stereocenters. The van der Waals surface area contributed by atoms with Crippen molar-refractivity contribution in [1.82, 2.24) is 10.2 Å². The Hall–Kier alpha value is -5.07. The lowest BCUT2D eigenvalue weighted by molar-refractivity contribution is -0.132. The van der Waals surface area contributed by atoms with Crippen molar-refractivity contribution in [3.05, 3.63) is 137 Å². The fraction of sp³-hybridized carbons (Fsp3) is 0.143. The van der Waals surface area contributed by atoms with Crippen molar-refractivity contribution in [3.8, 4) is 11.5 Å². The number of anilines is 1. The number of carbonyl (C=O) groups is 2. The highest BCUT2D eigenvalue weighted by Crippen LogP contribution is 2.45. The van der Waals surface area contributed by atoms with Crippen molar-refractivity contribution in [2.75, 3.05) is 11.5 Å². The average molecular weight is 672 g/mol. The van der Waals surface area contributed by atoms with Crippen LogP contribution in [0.4, 0.5) is 13.9 Å². The maximum atomic E-state index is 14.2. The Bertz CT molecular complexity index is 1950. The summed E-state index contributed by atoms with van der Waals surface area (Å²) in [7, 11) is 0. The van der Waals surface area contributed by atoms with Crippen LogP contribution in [0.15, 0.2) is 107 Å². The van der Waals surface area contributed by atoms with Crippen molar-refractivity contribution in [1.29, 1.82) is 0 Å². The summed E-state index contributed by atoms with van der Waals surface area (Å²) in [6, 6.07) is 24.8. The molecule has 238 valence electrons. The molecular formula is C35H27F2N3O5S2. The number of ketones is 1. The van der Waals surface area contributed by atoms with Crippen LogP contribution in [0.5, 0.6) is 11.5 Å². The molecule has 1 unspecified atom stereocenters. The standard InChI is InChI=1S/C35H27F2N3O5S2/c1-2-44-28-18-23(14-17-27(28)45-19-21-8-4-3-5-9-21)30-29(31(41)22-12-15-25(36)16-13-22)32(42)33(43)40(30)34-38-39-35(47-34)46-20-24-10-6-7-11-26(24)37/h3-18,30,41H,2,19-20H2,1H3. The lowest BCUT2D eigenvalue weighted by Crippen LogP contribution is -2.29. The number of nitrogens with zero attached hydrogens (tertiary/aromatic N) is 3. The van der Waals surface area contributed by atoms with Gasteiger partial charge in [0.1, 0.15) is 24.0 Å². The highest BCUT2D eigenvalue weighted by atomic mass is 32.2. The molecule has 1 N–H and O–H groups in total. The first kappa shape index (κ1) is 31.9. The molecule has 1 aliphatic heterocycles. The fourth-order valence-electron chi connectivity index (χ4n) is 5.04. The molecule has 1 amide bonds. The third-order valence-electron chi connectivity index (χ3n) is 7.29. The van der Waals surface area contributed by atoms with Crippen LogP contribution in [0.3, 0.4) is 0 Å². The number of Topliss-reactive ketones (excluding diaryl/α,β-unsaturated/α-hetero) is 1. The van der Waals surface area contributed by atoms with E-state index in [0.717, 1.165) is 29.0 Å². The summed E-state index contributed by atoms with van der Waals surface area (Å²) >= 11 is 2.29. The monoisotopic (exact) mass is 671 g/mol. The van der Waals surface area contributed by atoms with Gasteiger partial charge in [0.25, 0.3) is 5.78 Å². The predicted octanol–water partition coefficient (Wildman–Crippen LogP) is 7.71. The minimum atomic E-state index is -1.14. The SMILES string of the molecule is CCOc1cc(C2C(=C(O)c3ccc(F)cc3)C(=O)C(=O)N2c2nnc(SCc3ccccc3F)s2)ccc1OCc1ccccc1. The van der Waals surface area contributed by atoms with Crippen LogP contribution in [-0.4, -0.2) is 33.6 Å². The van der Waals surface area contributed by atoms with Crippen LogP contribution in [0.25, 0.3) is 5.76 Å². The number of aliphatic hydroxyl groups excluding tert-OH is 1. The Balaban J connectivity index is 1.39. The van der Waals surface area contributed by atoms with Gasteiger partial charge in [-0.05, 0) is 66.1 Å². The lowest BCUT2D eigenvalue weighted by atomic mass is 9.95. The molecule has 0 saturated carbocycles. The number of ether oxygens (including phenoxy) is 2. The lowest BCUT2D eigenvalue weighted by Gasteiger charge is -2.23. The first-order valence-corrected chi connectivity index (χ1v) is 16.3. The Morgan fingerprint density at radius 2 is 1.66 bits per heavy atom. The fourth-order valence-corrected chi connectivity index (χ4v) is 6.89. The van der Waals surface area contributed by atoms with Crippen LogP contribution in [0, 0.1) is 11.6 Å². The summed E-state index contributed by atoms with van der Waals surface area (Å²) in [6.07, 6.45) is 0.